The Labute approximate surface area is 181 Å². The molecule has 1 fully saturated rings. The lowest BCUT2D eigenvalue weighted by Crippen LogP contribution is -2.46. The van der Waals surface area contributed by atoms with Crippen LogP contribution in [0, 0.1) is 17.0 Å². The third-order valence-corrected chi connectivity index (χ3v) is 5.26. The maximum atomic E-state index is 13.7. The van der Waals surface area contributed by atoms with E-state index in [0.29, 0.717) is 11.4 Å². The molecule has 0 spiro atoms. The number of nitrogens with zero attached hydrogens (tertiary/aromatic N) is 1. The van der Waals surface area contributed by atoms with Gasteiger partial charge in [0.05, 0.1) is 11.0 Å². The molecule has 2 aromatic rings. The zero-order valence-corrected chi connectivity index (χ0v) is 17.2. The highest BCUT2D eigenvalue weighted by atomic mass is 19.4. The molecule has 8 nitrogen and oxygen atoms in total. The fraction of sp³-hybridized carbons (Fsp3) is 0.333. The van der Waals surface area contributed by atoms with Gasteiger partial charge < -0.3 is 10.6 Å². The Morgan fingerprint density at radius 2 is 1.69 bits per heavy atom. The Morgan fingerprint density at radius 3 is 2.19 bits per heavy atom. The van der Waals surface area contributed by atoms with Crippen LogP contribution >= 0.6 is 0 Å². The molecule has 11 heteroatoms. The summed E-state index contributed by atoms with van der Waals surface area (Å²) in [5.41, 5.74) is 1.23. The molecule has 3 N–H and O–H groups in total. The Kier molecular flexibility index (Phi) is 6.49. The normalized spacial score (nSPS) is 20.6. The van der Waals surface area contributed by atoms with Crippen LogP contribution in [0.1, 0.15) is 30.4 Å². The van der Waals surface area contributed by atoms with Gasteiger partial charge in [0.25, 0.3) is 5.69 Å². The molecule has 0 aliphatic carbocycles. The summed E-state index contributed by atoms with van der Waals surface area (Å²) in [6.45, 7) is 2.81. The molecule has 0 bridgehead atoms. The number of hydrogen-bond donors (Lipinski definition) is 3. The summed E-state index contributed by atoms with van der Waals surface area (Å²) in [6.07, 6.45) is -4.74. The monoisotopic (exact) mass is 450 g/mol. The number of carbonyl (C=O) groups excluding carboxylic acids is 2. The van der Waals surface area contributed by atoms with Crippen molar-refractivity contribution in [1.29, 1.82) is 0 Å². The molecule has 0 radical (unpaired) electrons. The second-order valence-corrected chi connectivity index (χ2v) is 7.63. The van der Waals surface area contributed by atoms with E-state index in [1.165, 1.54) is 44.2 Å². The Hall–Kier alpha value is -3.47. The lowest BCUT2D eigenvalue weighted by atomic mass is 9.89. The number of rotatable bonds is 5. The first-order chi connectivity index (χ1) is 15.0. The van der Waals surface area contributed by atoms with Gasteiger partial charge in [-0.15, -0.1) is 0 Å². The predicted molar refractivity (Wildman–Crippen MR) is 111 cm³/mol. The second-order valence-electron chi connectivity index (χ2n) is 7.63. The molecule has 3 atom stereocenters. The molecule has 1 aliphatic rings. The van der Waals surface area contributed by atoms with Crippen molar-refractivity contribution in [2.75, 3.05) is 10.6 Å². The number of aryl methyl sites for hydroxylation is 1. The van der Waals surface area contributed by atoms with Crippen molar-refractivity contribution < 1.29 is 27.7 Å². The summed E-state index contributed by atoms with van der Waals surface area (Å²) in [5.74, 6) is -1.97. The number of nitrogens with one attached hydrogen (secondary N) is 3. The van der Waals surface area contributed by atoms with Gasteiger partial charge in [-0.25, -0.2) is 0 Å². The Balaban J connectivity index is 1.77. The first-order valence-electron chi connectivity index (χ1n) is 9.72. The van der Waals surface area contributed by atoms with Crippen molar-refractivity contribution in [1.82, 2.24) is 5.32 Å². The maximum Gasteiger partial charge on any atom is 0.404 e. The van der Waals surface area contributed by atoms with Gasteiger partial charge in [0, 0.05) is 35.8 Å². The number of nitro benzene ring substituents is 1. The van der Waals surface area contributed by atoms with Crippen LogP contribution in [0.2, 0.25) is 0 Å². The van der Waals surface area contributed by atoms with Gasteiger partial charge >= 0.3 is 6.18 Å². The molecule has 2 aromatic carbocycles. The van der Waals surface area contributed by atoms with Crippen LogP contribution in [-0.4, -0.2) is 35.0 Å². The second kappa shape index (κ2) is 8.95. The molecule has 1 saturated heterocycles. The van der Waals surface area contributed by atoms with E-state index in [4.69, 9.17) is 0 Å². The van der Waals surface area contributed by atoms with Crippen molar-refractivity contribution >= 4 is 28.9 Å². The van der Waals surface area contributed by atoms with Gasteiger partial charge in [-0.05, 0) is 49.2 Å². The van der Waals surface area contributed by atoms with Gasteiger partial charge in [-0.3, -0.25) is 25.0 Å². The van der Waals surface area contributed by atoms with Gasteiger partial charge in [0.1, 0.15) is 6.04 Å². The number of nitro groups is 1. The lowest BCUT2D eigenvalue weighted by Gasteiger charge is -2.22. The minimum atomic E-state index is -4.62. The minimum Gasteiger partial charge on any atom is -0.326 e. The van der Waals surface area contributed by atoms with Gasteiger partial charge in [-0.2, -0.15) is 13.2 Å². The molecule has 0 saturated carbocycles. The van der Waals surface area contributed by atoms with E-state index < -0.39 is 35.0 Å². The zero-order chi connectivity index (χ0) is 23.6. The first kappa shape index (κ1) is 23.2. The van der Waals surface area contributed by atoms with Crippen LogP contribution in [0.4, 0.5) is 30.2 Å². The number of alkyl halides is 3. The van der Waals surface area contributed by atoms with E-state index in [9.17, 15) is 32.9 Å². The highest BCUT2D eigenvalue weighted by Gasteiger charge is 2.52. The smallest absolute Gasteiger partial charge is 0.326 e. The van der Waals surface area contributed by atoms with Crippen LogP contribution in [0.3, 0.4) is 0 Å². The quantitative estimate of drug-likeness (QED) is 0.473. The topological polar surface area (TPSA) is 113 Å². The number of anilines is 2. The number of benzene rings is 2. The molecule has 1 aliphatic heterocycles. The van der Waals surface area contributed by atoms with Crippen LogP contribution < -0.4 is 16.0 Å². The fourth-order valence-electron chi connectivity index (χ4n) is 3.81. The fourth-order valence-corrected chi connectivity index (χ4v) is 3.81. The van der Waals surface area contributed by atoms with E-state index in [-0.39, 0.29) is 29.1 Å². The summed E-state index contributed by atoms with van der Waals surface area (Å²) in [6, 6.07) is 6.93. The van der Waals surface area contributed by atoms with Crippen LogP contribution in [0.5, 0.6) is 0 Å². The third kappa shape index (κ3) is 5.22. The molecule has 3 unspecified atom stereocenters. The highest BCUT2D eigenvalue weighted by molar-refractivity contribution is 5.95. The van der Waals surface area contributed by atoms with Crippen LogP contribution in [0.25, 0.3) is 0 Å². The van der Waals surface area contributed by atoms with Crippen molar-refractivity contribution in [3.63, 3.8) is 0 Å². The number of hydrogen-bond acceptors (Lipinski definition) is 5. The summed E-state index contributed by atoms with van der Waals surface area (Å²) in [4.78, 5) is 34.1. The molecule has 0 aromatic heterocycles. The number of halogens is 3. The summed E-state index contributed by atoms with van der Waals surface area (Å²) in [7, 11) is 0. The van der Waals surface area contributed by atoms with E-state index in [0.717, 1.165) is 0 Å². The molecule has 32 heavy (non-hydrogen) atoms. The van der Waals surface area contributed by atoms with E-state index in [1.54, 1.807) is 12.1 Å². The number of carbonyl (C=O) groups is 2. The maximum absolute atomic E-state index is 13.7. The predicted octanol–water partition coefficient (Wildman–Crippen LogP) is 3.88. The summed E-state index contributed by atoms with van der Waals surface area (Å²) in [5, 5.41) is 18.5. The first-order valence-corrected chi connectivity index (χ1v) is 9.72. The largest absolute Gasteiger partial charge is 0.404 e. The standard InChI is InChI=1S/C21H21F3N4O4/c1-11-9-13(3-8-18(11)28(31)32)16-10-17(27-19(16)21(22,23)24)20(30)26-15-6-4-14(5-7-15)25-12(2)29/h3-9,16-17,19,27H,10H2,1-2H3,(H,25,29)(H,26,30). The van der Waals surface area contributed by atoms with E-state index >= 15 is 0 Å². The molecule has 2 amide bonds. The highest BCUT2D eigenvalue weighted by Crippen LogP contribution is 2.40. The van der Waals surface area contributed by atoms with E-state index in [1.807, 2.05) is 0 Å². The Bertz CT molecular complexity index is 1040. The average molecular weight is 450 g/mol. The zero-order valence-electron chi connectivity index (χ0n) is 17.2. The van der Waals surface area contributed by atoms with Gasteiger partial charge in [-0.1, -0.05) is 6.07 Å². The van der Waals surface area contributed by atoms with Crippen molar-refractivity contribution in [2.24, 2.45) is 0 Å². The molecular formula is C21H21F3N4O4. The Morgan fingerprint density at radius 1 is 1.09 bits per heavy atom. The van der Waals surface area contributed by atoms with E-state index in [2.05, 4.69) is 16.0 Å². The van der Waals surface area contributed by atoms with Crippen molar-refractivity contribution in [2.45, 2.75) is 44.4 Å². The van der Waals surface area contributed by atoms with Gasteiger partial charge in [0.15, 0.2) is 0 Å². The molecule has 3 rings (SSSR count). The van der Waals surface area contributed by atoms with Gasteiger partial charge in [0.2, 0.25) is 11.8 Å². The average Bonchev–Trinajstić information content (AvgIpc) is 3.15. The summed E-state index contributed by atoms with van der Waals surface area (Å²) >= 11 is 0. The third-order valence-electron chi connectivity index (χ3n) is 5.26. The van der Waals surface area contributed by atoms with Crippen molar-refractivity contribution in [3.8, 4) is 0 Å². The van der Waals surface area contributed by atoms with Crippen LogP contribution in [0.15, 0.2) is 42.5 Å². The molecular weight excluding hydrogens is 429 g/mol. The SMILES string of the molecule is CC(=O)Nc1ccc(NC(=O)C2CC(c3ccc([N+](=O)[O-])c(C)c3)C(C(F)(F)F)N2)cc1. The van der Waals surface area contributed by atoms with Crippen LogP contribution in [-0.2, 0) is 9.59 Å². The summed E-state index contributed by atoms with van der Waals surface area (Å²) < 4.78 is 41.0. The minimum absolute atomic E-state index is 0.128. The number of amides is 2. The molecule has 170 valence electrons. The van der Waals surface area contributed by atoms with Crippen molar-refractivity contribution in [3.05, 3.63) is 63.7 Å². The lowest BCUT2D eigenvalue weighted by molar-refractivity contribution is -0.385. The molecule has 1 heterocycles.